The number of carbonyl (C=O) groups is 3. The van der Waals surface area contributed by atoms with E-state index in [2.05, 4.69) is 32.1 Å². The van der Waals surface area contributed by atoms with Gasteiger partial charge in [-0.15, -0.1) is 0 Å². The fraction of sp³-hybridized carbons (Fsp3) is 0.250. The van der Waals surface area contributed by atoms with Crippen molar-refractivity contribution in [3.05, 3.63) is 58.6 Å². The number of rotatable bonds is 8. The molecule has 0 unspecified atom stereocenters. The van der Waals surface area contributed by atoms with E-state index >= 15 is 0 Å². The molecule has 2 aromatic carbocycles. The molecule has 148 valence electrons. The van der Waals surface area contributed by atoms with Gasteiger partial charge >= 0.3 is 0 Å². The minimum atomic E-state index is -0.490. The third kappa shape index (κ3) is 7.40. The van der Waals surface area contributed by atoms with Gasteiger partial charge in [-0.25, -0.2) is 0 Å². The molecule has 2 rings (SSSR count). The first-order valence-electron chi connectivity index (χ1n) is 8.85. The number of amides is 3. The molecule has 0 aliphatic rings. The number of hydrogen-bond acceptors (Lipinski definition) is 4. The van der Waals surface area contributed by atoms with Gasteiger partial charge in [-0.2, -0.15) is 0 Å². The van der Waals surface area contributed by atoms with Gasteiger partial charge in [0, 0.05) is 22.1 Å². The van der Waals surface area contributed by atoms with Crippen molar-refractivity contribution >= 4 is 39.3 Å². The van der Waals surface area contributed by atoms with Gasteiger partial charge < -0.3 is 10.1 Å². The van der Waals surface area contributed by atoms with Crippen molar-refractivity contribution in [2.24, 2.45) is 0 Å². The van der Waals surface area contributed by atoms with Gasteiger partial charge in [0.1, 0.15) is 5.75 Å². The van der Waals surface area contributed by atoms with E-state index < -0.39 is 11.8 Å². The van der Waals surface area contributed by atoms with E-state index in [1.165, 1.54) is 0 Å². The maximum atomic E-state index is 12.1. The molecule has 0 radical (unpaired) electrons. The second kappa shape index (κ2) is 11.1. The Kier molecular flexibility index (Phi) is 8.48. The fourth-order valence-corrected chi connectivity index (χ4v) is 2.44. The Bertz CT molecular complexity index is 807. The number of carbonyl (C=O) groups excluding carboxylic acids is 3. The predicted molar refractivity (Wildman–Crippen MR) is 110 cm³/mol. The molecule has 0 aromatic heterocycles. The monoisotopic (exact) mass is 447 g/mol. The summed E-state index contributed by atoms with van der Waals surface area (Å²) in [7, 11) is 0. The van der Waals surface area contributed by atoms with Crippen LogP contribution in [0.1, 0.15) is 36.5 Å². The standard InChI is InChI=1S/C20H22BrN3O4/c1-2-3-4-18(25)22-16-9-5-14(6-10-16)20(27)24-23-19(26)13-28-17-11-7-15(21)8-12-17/h5-12H,2-4,13H2,1H3,(H,22,25)(H,23,26)(H,24,27). The van der Waals surface area contributed by atoms with Gasteiger partial charge in [-0.3, -0.25) is 25.2 Å². The third-order valence-corrected chi connectivity index (χ3v) is 4.22. The summed E-state index contributed by atoms with van der Waals surface area (Å²) in [4.78, 5) is 35.5. The number of unbranched alkanes of at least 4 members (excludes halogenated alkanes) is 1. The lowest BCUT2D eigenvalue weighted by atomic mass is 10.2. The van der Waals surface area contributed by atoms with Crippen molar-refractivity contribution in [3.63, 3.8) is 0 Å². The van der Waals surface area contributed by atoms with Crippen LogP contribution in [-0.2, 0) is 9.59 Å². The zero-order chi connectivity index (χ0) is 20.4. The van der Waals surface area contributed by atoms with E-state index in [-0.39, 0.29) is 12.5 Å². The van der Waals surface area contributed by atoms with Gasteiger partial charge in [0.05, 0.1) is 0 Å². The molecule has 0 aliphatic heterocycles. The minimum Gasteiger partial charge on any atom is -0.484 e. The van der Waals surface area contributed by atoms with Crippen molar-refractivity contribution in [1.29, 1.82) is 0 Å². The molecule has 7 nitrogen and oxygen atoms in total. The summed E-state index contributed by atoms with van der Waals surface area (Å²) in [6.45, 7) is 1.79. The van der Waals surface area contributed by atoms with Crippen LogP contribution in [-0.4, -0.2) is 24.3 Å². The van der Waals surface area contributed by atoms with Crippen molar-refractivity contribution in [1.82, 2.24) is 10.9 Å². The minimum absolute atomic E-state index is 0.0583. The fourth-order valence-electron chi connectivity index (χ4n) is 2.18. The number of anilines is 1. The highest BCUT2D eigenvalue weighted by Gasteiger charge is 2.09. The quantitative estimate of drug-likeness (QED) is 0.540. The summed E-state index contributed by atoms with van der Waals surface area (Å²) in [5.41, 5.74) is 5.57. The van der Waals surface area contributed by atoms with Crippen molar-refractivity contribution in [2.75, 3.05) is 11.9 Å². The summed E-state index contributed by atoms with van der Waals surface area (Å²) in [6, 6.07) is 13.4. The first kappa shape index (κ1) is 21.4. The maximum absolute atomic E-state index is 12.1. The van der Waals surface area contributed by atoms with E-state index in [0.717, 1.165) is 17.3 Å². The molecule has 8 heteroatoms. The van der Waals surface area contributed by atoms with Gasteiger partial charge in [0.15, 0.2) is 6.61 Å². The molecule has 2 aromatic rings. The highest BCUT2D eigenvalue weighted by molar-refractivity contribution is 9.10. The molecule has 3 amide bonds. The molecular formula is C20H22BrN3O4. The highest BCUT2D eigenvalue weighted by atomic mass is 79.9. The van der Waals surface area contributed by atoms with E-state index in [4.69, 9.17) is 4.74 Å². The van der Waals surface area contributed by atoms with Crippen molar-refractivity contribution < 1.29 is 19.1 Å². The van der Waals surface area contributed by atoms with Gasteiger partial charge in [-0.05, 0) is 55.0 Å². The number of ether oxygens (including phenoxy) is 1. The first-order valence-corrected chi connectivity index (χ1v) is 9.64. The summed E-state index contributed by atoms with van der Waals surface area (Å²) in [6.07, 6.45) is 2.25. The molecule has 0 fully saturated rings. The molecule has 0 saturated heterocycles. The maximum Gasteiger partial charge on any atom is 0.276 e. The second-order valence-electron chi connectivity index (χ2n) is 5.97. The lowest BCUT2D eigenvalue weighted by Gasteiger charge is -2.09. The Labute approximate surface area is 171 Å². The number of hydrazine groups is 1. The topological polar surface area (TPSA) is 96.5 Å². The van der Waals surface area contributed by atoms with E-state index in [1.807, 2.05) is 6.92 Å². The smallest absolute Gasteiger partial charge is 0.276 e. The molecule has 0 aliphatic carbocycles. The zero-order valence-electron chi connectivity index (χ0n) is 15.5. The molecule has 0 spiro atoms. The van der Waals surface area contributed by atoms with E-state index in [1.54, 1.807) is 48.5 Å². The SMILES string of the molecule is CCCCC(=O)Nc1ccc(C(=O)NNC(=O)COc2ccc(Br)cc2)cc1. The number of hydrogen-bond donors (Lipinski definition) is 3. The summed E-state index contributed by atoms with van der Waals surface area (Å²) in [5, 5.41) is 2.77. The Balaban J connectivity index is 1.75. The Morgan fingerprint density at radius 2 is 1.61 bits per heavy atom. The van der Waals surface area contributed by atoms with Gasteiger partial charge in [0.2, 0.25) is 5.91 Å². The average molecular weight is 448 g/mol. The van der Waals surface area contributed by atoms with Crippen LogP contribution in [0.15, 0.2) is 53.0 Å². The van der Waals surface area contributed by atoms with Crippen LogP contribution in [0.5, 0.6) is 5.75 Å². The third-order valence-electron chi connectivity index (χ3n) is 3.69. The van der Waals surface area contributed by atoms with Crippen LogP contribution in [0, 0.1) is 0 Å². The number of halogens is 1. The van der Waals surface area contributed by atoms with Gasteiger partial charge in [-0.1, -0.05) is 29.3 Å². The summed E-state index contributed by atoms with van der Waals surface area (Å²) >= 11 is 3.31. The number of benzene rings is 2. The molecule has 0 bridgehead atoms. The van der Waals surface area contributed by atoms with Crippen LogP contribution in [0.2, 0.25) is 0 Å². The van der Waals surface area contributed by atoms with E-state index in [0.29, 0.717) is 23.4 Å². The Morgan fingerprint density at radius 1 is 0.929 bits per heavy atom. The number of nitrogens with one attached hydrogen (secondary N) is 3. The largest absolute Gasteiger partial charge is 0.484 e. The summed E-state index contributed by atoms with van der Waals surface area (Å²) in [5.74, 6) is -0.477. The van der Waals surface area contributed by atoms with Crippen molar-refractivity contribution in [2.45, 2.75) is 26.2 Å². The van der Waals surface area contributed by atoms with E-state index in [9.17, 15) is 14.4 Å². The average Bonchev–Trinajstić information content (AvgIpc) is 2.70. The first-order chi connectivity index (χ1) is 13.5. The van der Waals surface area contributed by atoms with Crippen LogP contribution in [0.3, 0.4) is 0 Å². The lowest BCUT2D eigenvalue weighted by Crippen LogP contribution is -2.43. The molecule has 0 saturated carbocycles. The van der Waals surface area contributed by atoms with Crippen LogP contribution < -0.4 is 20.9 Å². The predicted octanol–water partition coefficient (Wildman–Crippen LogP) is 3.42. The van der Waals surface area contributed by atoms with Crippen molar-refractivity contribution in [3.8, 4) is 5.75 Å². The Morgan fingerprint density at radius 3 is 2.25 bits per heavy atom. The zero-order valence-corrected chi connectivity index (χ0v) is 17.0. The van der Waals surface area contributed by atoms with Crippen LogP contribution in [0.25, 0.3) is 0 Å². The normalized spacial score (nSPS) is 10.1. The molecule has 0 atom stereocenters. The Hall–Kier alpha value is -2.87. The molecule has 28 heavy (non-hydrogen) atoms. The lowest BCUT2D eigenvalue weighted by molar-refractivity contribution is -0.123. The molecular weight excluding hydrogens is 426 g/mol. The van der Waals surface area contributed by atoms with Gasteiger partial charge in [0.25, 0.3) is 11.8 Å². The van der Waals surface area contributed by atoms with Crippen LogP contribution >= 0.6 is 15.9 Å². The van der Waals surface area contributed by atoms with Crippen LogP contribution in [0.4, 0.5) is 5.69 Å². The highest BCUT2D eigenvalue weighted by Crippen LogP contribution is 2.15. The molecule has 0 heterocycles. The summed E-state index contributed by atoms with van der Waals surface area (Å²) < 4.78 is 6.22. The second-order valence-corrected chi connectivity index (χ2v) is 6.89. The molecule has 3 N–H and O–H groups in total.